The van der Waals surface area contributed by atoms with Crippen LogP contribution in [0.5, 0.6) is 28.7 Å². The number of methoxy groups -OCH3 is 4. The second kappa shape index (κ2) is 50.5. The number of aliphatic hydroxyl groups is 1. The lowest BCUT2D eigenvalue weighted by atomic mass is 9.98. The third kappa shape index (κ3) is 31.4. The van der Waals surface area contributed by atoms with Gasteiger partial charge in [0.05, 0.1) is 112 Å². The summed E-state index contributed by atoms with van der Waals surface area (Å²) in [5.41, 5.74) is 9.08. The van der Waals surface area contributed by atoms with Gasteiger partial charge in [0.2, 0.25) is 5.24 Å². The van der Waals surface area contributed by atoms with Crippen LogP contribution in [0.3, 0.4) is 0 Å². The molecule has 2 aliphatic carbocycles. The number of rotatable bonds is 23. The predicted molar refractivity (Wildman–Crippen MR) is 487 cm³/mol. The van der Waals surface area contributed by atoms with Crippen molar-refractivity contribution in [3.8, 4) is 81.4 Å². The molecule has 2 fully saturated rings. The second-order valence-electron chi connectivity index (χ2n) is 25.5. The summed E-state index contributed by atoms with van der Waals surface area (Å²) in [6.45, 7) is 17.8. The van der Waals surface area contributed by atoms with E-state index in [-0.39, 0.29) is 86.1 Å². The molecule has 2 aromatic heterocycles. The molecule has 0 saturated heterocycles. The number of aliphatic hydroxyl groups excluding tert-OH is 1. The molecule has 113 heavy (non-hydrogen) atoms. The van der Waals surface area contributed by atoms with Crippen LogP contribution >= 0.6 is 158 Å². The van der Waals surface area contributed by atoms with E-state index in [0.29, 0.717) is 82.5 Å². The fraction of sp³-hybridized carbons (Fsp3) is 0.360. The SMILES string of the molecule is C#CCBr.CC(Br)C(=O)Cl.Cc1ccc(Cl)cc1O.[2H]C([2H])([2H])I.[2H]C([2H])([2H])Oc1cc(Cl)c(-c2nc(N(CC#C)[C@@H](CC3CC3)c3ccc(CO)c(F)c3)sc2C)cc1C.[2H]C([2H])([2H])Oc1cc(Cl)c(-c2nc(N[C@@H](CC3CC3)c3ccc(CC)c(F)c3)sc2C)cc1C.[2H]C([2H])([2H])Oc1cc(Cl)c(C(=O)C(C)SC#N)cc1C.[2H]C([2H])([2H])Oc1cc(Cl)ccc1C. The highest BCUT2D eigenvalue weighted by atomic mass is 127. The van der Waals surface area contributed by atoms with Crippen molar-refractivity contribution >= 4 is 180 Å². The zero-order valence-corrected chi connectivity index (χ0v) is 75.4. The number of ether oxygens (including phenoxy) is 4. The van der Waals surface area contributed by atoms with Crippen molar-refractivity contribution in [1.82, 2.24) is 9.97 Å². The molecule has 0 spiro atoms. The van der Waals surface area contributed by atoms with Gasteiger partial charge in [-0.1, -0.05) is 193 Å². The number of phenolic OH excluding ortho intramolecular Hbond substituents is 1. The van der Waals surface area contributed by atoms with E-state index in [0.717, 1.165) is 91.4 Å². The largest absolute Gasteiger partial charge is 0.508 e. The van der Waals surface area contributed by atoms with Gasteiger partial charge in [0.15, 0.2) is 16.0 Å². The summed E-state index contributed by atoms with van der Waals surface area (Å²) >= 11 is 46.4. The summed E-state index contributed by atoms with van der Waals surface area (Å²) in [6, 6.07) is 29.5. The van der Waals surface area contributed by atoms with Gasteiger partial charge in [0, 0.05) is 46.2 Å². The van der Waals surface area contributed by atoms with Crippen LogP contribution in [0.1, 0.15) is 162 Å². The zero-order chi connectivity index (χ0) is 97.0. The van der Waals surface area contributed by atoms with E-state index >= 15 is 0 Å². The van der Waals surface area contributed by atoms with E-state index in [1.807, 2.05) is 56.2 Å². The normalized spacial score (nSPS) is 15.1. The fourth-order valence-corrected chi connectivity index (χ4v) is 13.9. The highest BCUT2D eigenvalue weighted by Crippen LogP contribution is 2.47. The first kappa shape index (κ1) is 76.9. The van der Waals surface area contributed by atoms with Gasteiger partial charge in [-0.05, 0) is 239 Å². The smallest absolute Gasteiger partial charge is 0.235 e. The van der Waals surface area contributed by atoms with Crippen molar-refractivity contribution in [2.45, 2.75) is 143 Å². The summed E-state index contributed by atoms with van der Waals surface area (Å²) in [6.07, 6.45) is 17.6. The number of terminal acetylenes is 2. The number of phenols is 1. The lowest BCUT2D eigenvalue weighted by Crippen LogP contribution is -2.29. The molecule has 0 bridgehead atoms. The number of aromatic hydroxyl groups is 1. The number of nitriles is 1. The molecule has 606 valence electrons. The number of hydrogen-bond donors (Lipinski definition) is 3. The molecule has 0 aliphatic heterocycles. The quantitative estimate of drug-likeness (QED) is 0.0138. The molecular weight excluding hydrogens is 1860 g/mol. The Kier molecular flexibility index (Phi) is 34.4. The third-order valence-corrected chi connectivity index (χ3v) is 22.4. The molecular formula is C86H94Br2Cl6F2IN5O8S3. The molecule has 2 saturated carbocycles. The number of thioether (sulfide) groups is 1. The van der Waals surface area contributed by atoms with Gasteiger partial charge in [-0.3, -0.25) is 9.59 Å². The Labute approximate surface area is 759 Å². The number of nitrogens with zero attached hydrogens (tertiary/aromatic N) is 4. The predicted octanol–water partition coefficient (Wildman–Crippen LogP) is 26.5. The minimum Gasteiger partial charge on any atom is -0.508 e. The van der Waals surface area contributed by atoms with Crippen LogP contribution in [0, 0.1) is 107 Å². The number of halogens is 11. The van der Waals surface area contributed by atoms with Crippen LogP contribution < -0.4 is 29.2 Å². The molecule has 3 N–H and O–H groups in total. The molecule has 4 atom stereocenters. The molecule has 2 unspecified atom stereocenters. The summed E-state index contributed by atoms with van der Waals surface area (Å²) in [5.74, 6) is 6.43. The molecule has 2 heterocycles. The average Bonchev–Trinajstić information content (AvgIpc) is 1.62. The highest BCUT2D eigenvalue weighted by Gasteiger charge is 2.33. The summed E-state index contributed by atoms with van der Waals surface area (Å²) in [5, 5.41) is 35.4. The van der Waals surface area contributed by atoms with Crippen molar-refractivity contribution < 1.29 is 68.1 Å². The van der Waals surface area contributed by atoms with Gasteiger partial charge in [0.25, 0.3) is 0 Å². The van der Waals surface area contributed by atoms with Gasteiger partial charge >= 0.3 is 0 Å². The van der Waals surface area contributed by atoms with Gasteiger partial charge in [-0.25, -0.2) is 18.7 Å². The minimum atomic E-state index is -2.58. The second-order valence-corrected chi connectivity index (χ2v) is 33.4. The highest BCUT2D eigenvalue weighted by molar-refractivity contribution is 14.1. The number of alkyl halides is 3. The summed E-state index contributed by atoms with van der Waals surface area (Å²) < 4.78 is 154. The number of carbonyl (C=O) groups excluding carboxylic acids is 2. The van der Waals surface area contributed by atoms with Crippen LogP contribution in [0.25, 0.3) is 22.5 Å². The maximum Gasteiger partial charge on any atom is 0.235 e. The van der Waals surface area contributed by atoms with Crippen molar-refractivity contribution in [3.63, 3.8) is 0 Å². The summed E-state index contributed by atoms with van der Waals surface area (Å²) in [4.78, 5) is 33.6. The number of Topliss-reactive ketones (excluding diaryl/α,β-unsaturated/α-hetero) is 1. The van der Waals surface area contributed by atoms with E-state index in [4.69, 9.17) is 142 Å². The van der Waals surface area contributed by atoms with Crippen molar-refractivity contribution in [2.75, 3.05) is 55.1 Å². The number of thiazole rings is 2. The Morgan fingerprint density at radius 3 is 1.63 bits per heavy atom. The minimum absolute atomic E-state index is 0.0291. The van der Waals surface area contributed by atoms with Crippen LogP contribution in [0.4, 0.5) is 19.0 Å². The Hall–Kier alpha value is -6.05. The summed E-state index contributed by atoms with van der Waals surface area (Å²) in [7, 11) is -10.1. The van der Waals surface area contributed by atoms with Gasteiger partial charge in [0.1, 0.15) is 45.8 Å². The van der Waals surface area contributed by atoms with Crippen LogP contribution in [-0.2, 0) is 17.8 Å². The van der Waals surface area contributed by atoms with Crippen molar-refractivity contribution in [3.05, 3.63) is 211 Å². The first-order valence-corrected chi connectivity index (χ1v) is 42.3. The average molecular weight is 1970 g/mol. The Bertz CT molecular complexity index is 5360. The van der Waals surface area contributed by atoms with Gasteiger partial charge in [-0.15, -0.1) is 35.5 Å². The molecule has 0 amide bonds. The van der Waals surface area contributed by atoms with Gasteiger partial charge in [-0.2, -0.15) is 5.26 Å². The van der Waals surface area contributed by atoms with E-state index in [1.165, 1.54) is 101 Å². The number of benzene rings is 7. The van der Waals surface area contributed by atoms with Crippen LogP contribution in [-0.4, -0.2) is 86.2 Å². The van der Waals surface area contributed by atoms with E-state index in [1.54, 1.807) is 90.1 Å². The van der Waals surface area contributed by atoms with Gasteiger partial charge < -0.3 is 39.4 Å². The molecule has 7 aromatic carbocycles. The number of anilines is 2. The standard InChI is InChI=1S/C27H28ClFN2O2S.C25H28ClFN2OS.C12H12ClNO2S.C8H9ClO.C7H7ClO.C3H4BrClO.C3H3Br.CH3I/c1-5-10-31(24(12-18-6-7-18)19-8-9-20(15-32)23(29)13-19)27-30-26(17(3)34-27)21-11-16(2)25(33-4)14-22(21)28;1-5-17-8-9-18(12-21(17)27)22(11-16-6-7-16)28-25-29-24(15(3)31-25)19-10-14(2)23(30-4)13-20(19)26;1-7-4-9(10(13)5-11(7)16-3)12(15)8(2)17-6-14;1-6-3-4-7(9)5-8(6)10-2;1-5-2-3-6(8)4-7(5)9;1-2(4)3(5)6;1-2-3-4;1-2/h1,8-9,11,13-14,18,24,32H,6-7,10,12,15H2,2-4H3;8-10,12-13,16,22H,5-7,11H2,1-4H3,(H,28,29);4-5,8H,1-3H3;3-5H,1-2H3;2-4,9H,1H3;2H,1H3;1H,3H2;1H3/t24-;22-;;;;;;/m00....../s1/i2*4D3;3D3;2D3;;;;1D3. The Morgan fingerprint density at radius 1 is 0.690 bits per heavy atom. The molecule has 13 nitrogen and oxygen atoms in total. The van der Waals surface area contributed by atoms with Crippen LogP contribution in [0.15, 0.2) is 109 Å². The zero-order valence-electron chi connectivity index (χ0n) is 78.1. The first-order chi connectivity index (χ1) is 59.3. The lowest BCUT2D eigenvalue weighted by molar-refractivity contribution is -0.110. The van der Waals surface area contributed by atoms with E-state index in [2.05, 4.69) is 49.0 Å². The number of nitrogens with one attached hydrogen (secondary N) is 1. The van der Waals surface area contributed by atoms with Crippen molar-refractivity contribution in [1.29, 1.82) is 5.26 Å². The number of aromatic nitrogens is 2. The van der Waals surface area contributed by atoms with E-state index in [9.17, 15) is 23.5 Å². The molecule has 27 heteroatoms. The number of carbonyl (C=O) groups is 2. The third-order valence-electron chi connectivity index (χ3n) is 17.1. The monoisotopic (exact) mass is 1970 g/mol. The topological polar surface area (TPSA) is 176 Å². The maximum absolute atomic E-state index is 14.6. The molecule has 0 radical (unpaired) electrons. The number of hydrogen-bond acceptors (Lipinski definition) is 16. The Morgan fingerprint density at radius 2 is 1.16 bits per heavy atom. The fourth-order valence-electron chi connectivity index (χ4n) is 10.6. The first-order valence-electron chi connectivity index (χ1n) is 41.9. The number of thiocyanates is 1. The number of ketones is 1. The van der Waals surface area contributed by atoms with E-state index < -0.39 is 44.1 Å². The molecule has 9 aromatic rings. The number of aryl methyl sites for hydroxylation is 8. The van der Waals surface area contributed by atoms with Crippen LogP contribution in [0.2, 0.25) is 25.1 Å². The molecule has 11 rings (SSSR count). The molecule has 2 aliphatic rings. The lowest BCUT2D eigenvalue weighted by Gasteiger charge is -2.31. The van der Waals surface area contributed by atoms with Crippen molar-refractivity contribution in [2.24, 2.45) is 11.8 Å². The maximum atomic E-state index is 14.6. The Balaban J connectivity index is 0.000000342.